The number of unbranched alkanes of at least 4 members (excludes halogenated alkanes) is 2. The van der Waals surface area contributed by atoms with Crippen LogP contribution >= 0.6 is 0 Å². The molecule has 3 aromatic carbocycles. The standard InChI is InChI=1S/C36H42N8O4/c1-3-5-11-41-33(45)27-17-25(31-37-13-14-38-31)19-29(21-27)43-35(47)23-7-9-24(10-8-23)36(48)44-30-20-26(32-39-15-16-40-32)18-28(22-30)34(46)42-12-6-4-2/h7-10,13,17-22,31,38H,3-6,11-12,14-16H2,1-2H3,(H,39,40)(H,41,45)(H,42,46)(H,43,47)(H,44,48)/t31-/m0/s1. The Bertz CT molecular complexity index is 1720. The van der Waals surface area contributed by atoms with E-state index in [1.54, 1.807) is 66.9 Å². The normalized spacial score (nSPS) is 15.0. The number of carbonyl (C=O) groups is 4. The molecule has 12 nitrogen and oxygen atoms in total. The molecule has 0 bridgehead atoms. The van der Waals surface area contributed by atoms with Crippen molar-refractivity contribution in [1.29, 1.82) is 0 Å². The van der Waals surface area contributed by atoms with Crippen molar-refractivity contribution in [2.75, 3.05) is 43.4 Å². The summed E-state index contributed by atoms with van der Waals surface area (Å²) in [7, 11) is 0. The van der Waals surface area contributed by atoms with Crippen LogP contribution in [0.25, 0.3) is 0 Å². The molecule has 4 amide bonds. The van der Waals surface area contributed by atoms with Crippen LogP contribution in [0, 0.1) is 0 Å². The van der Waals surface area contributed by atoms with E-state index in [9.17, 15) is 19.2 Å². The first-order chi connectivity index (χ1) is 23.3. The van der Waals surface area contributed by atoms with Crippen LogP contribution in [0.5, 0.6) is 0 Å². The lowest BCUT2D eigenvalue weighted by Gasteiger charge is -2.15. The van der Waals surface area contributed by atoms with E-state index in [1.807, 2.05) is 0 Å². The van der Waals surface area contributed by atoms with E-state index in [4.69, 9.17) is 0 Å². The average molecular weight is 651 g/mol. The zero-order valence-electron chi connectivity index (χ0n) is 27.3. The number of nitrogens with zero attached hydrogens (tertiary/aromatic N) is 2. The van der Waals surface area contributed by atoms with Crippen LogP contribution in [-0.4, -0.2) is 68.4 Å². The highest BCUT2D eigenvalue weighted by molar-refractivity contribution is 6.09. The largest absolute Gasteiger partial charge is 0.368 e. The van der Waals surface area contributed by atoms with E-state index < -0.39 is 11.8 Å². The van der Waals surface area contributed by atoms with Gasteiger partial charge in [0.25, 0.3) is 23.6 Å². The number of amides is 4. The molecule has 250 valence electrons. The van der Waals surface area contributed by atoms with Crippen molar-refractivity contribution in [2.45, 2.75) is 45.7 Å². The average Bonchev–Trinajstić information content (AvgIpc) is 3.84. The molecule has 0 radical (unpaired) electrons. The lowest BCUT2D eigenvalue weighted by Crippen LogP contribution is -2.26. The fraction of sp³-hybridized carbons (Fsp3) is 0.333. The summed E-state index contributed by atoms with van der Waals surface area (Å²) in [6.45, 7) is 7.20. The molecule has 0 aliphatic carbocycles. The molecule has 0 saturated heterocycles. The maximum absolute atomic E-state index is 13.3. The van der Waals surface area contributed by atoms with E-state index in [2.05, 4.69) is 55.7 Å². The van der Waals surface area contributed by atoms with Gasteiger partial charge in [0.1, 0.15) is 12.0 Å². The van der Waals surface area contributed by atoms with Gasteiger partial charge in [0.15, 0.2) is 0 Å². The SMILES string of the molecule is CCCCNC(=O)c1cc(NC(=O)c2ccc(C(=O)Nc3cc(C(=O)NCCCC)cc([C@H]4N=CCN4)c3)cc2)cc(C2=NCCN2)c1. The molecule has 2 aliphatic heterocycles. The fourth-order valence-electron chi connectivity index (χ4n) is 5.29. The van der Waals surface area contributed by atoms with Gasteiger partial charge in [-0.05, 0) is 79.1 Å². The summed E-state index contributed by atoms with van der Waals surface area (Å²) in [5, 5.41) is 18.1. The topological polar surface area (TPSA) is 165 Å². The quantitative estimate of drug-likeness (QED) is 0.143. The van der Waals surface area contributed by atoms with Crippen molar-refractivity contribution < 1.29 is 19.2 Å². The van der Waals surface area contributed by atoms with Gasteiger partial charge in [-0.1, -0.05) is 26.7 Å². The van der Waals surface area contributed by atoms with Crippen LogP contribution in [0.3, 0.4) is 0 Å². The van der Waals surface area contributed by atoms with Crippen molar-refractivity contribution in [3.05, 3.63) is 94.0 Å². The molecule has 48 heavy (non-hydrogen) atoms. The Morgan fingerprint density at radius 2 is 1.31 bits per heavy atom. The molecule has 2 aliphatic rings. The molecule has 3 aromatic rings. The molecule has 0 aromatic heterocycles. The number of anilines is 2. The molecule has 5 rings (SSSR count). The first kappa shape index (κ1) is 34.0. The number of amidine groups is 1. The molecular formula is C36H42N8O4. The Morgan fingerprint density at radius 3 is 1.83 bits per heavy atom. The van der Waals surface area contributed by atoms with Crippen molar-refractivity contribution in [1.82, 2.24) is 21.3 Å². The van der Waals surface area contributed by atoms with Crippen LogP contribution in [0.15, 0.2) is 70.6 Å². The van der Waals surface area contributed by atoms with Crippen molar-refractivity contribution in [3.8, 4) is 0 Å². The molecule has 6 N–H and O–H groups in total. The first-order valence-corrected chi connectivity index (χ1v) is 16.5. The molecule has 0 saturated carbocycles. The minimum atomic E-state index is -0.395. The fourth-order valence-corrected chi connectivity index (χ4v) is 5.29. The summed E-state index contributed by atoms with van der Waals surface area (Å²) in [5.41, 5.74) is 3.89. The summed E-state index contributed by atoms with van der Waals surface area (Å²) >= 11 is 0. The Balaban J connectivity index is 1.29. The number of hydrogen-bond acceptors (Lipinski definition) is 8. The van der Waals surface area contributed by atoms with Gasteiger partial charge in [0.05, 0.1) is 6.54 Å². The summed E-state index contributed by atoms with van der Waals surface area (Å²) < 4.78 is 0. The van der Waals surface area contributed by atoms with E-state index in [-0.39, 0.29) is 18.0 Å². The van der Waals surface area contributed by atoms with Gasteiger partial charge in [-0.3, -0.25) is 34.5 Å². The number of hydrogen-bond donors (Lipinski definition) is 6. The van der Waals surface area contributed by atoms with Crippen LogP contribution in [0.1, 0.15) is 98.3 Å². The van der Waals surface area contributed by atoms with E-state index in [1.165, 1.54) is 0 Å². The summed E-state index contributed by atoms with van der Waals surface area (Å²) in [5.74, 6) is -0.562. The minimum Gasteiger partial charge on any atom is -0.368 e. The maximum Gasteiger partial charge on any atom is 0.255 e. The summed E-state index contributed by atoms with van der Waals surface area (Å²) in [4.78, 5) is 61.1. The smallest absolute Gasteiger partial charge is 0.255 e. The Hall–Kier alpha value is -5.36. The van der Waals surface area contributed by atoms with Crippen LogP contribution in [0.2, 0.25) is 0 Å². The summed E-state index contributed by atoms with van der Waals surface area (Å²) in [6, 6.07) is 16.6. The number of nitrogens with one attached hydrogen (secondary N) is 6. The Kier molecular flexibility index (Phi) is 11.7. The predicted molar refractivity (Wildman–Crippen MR) is 188 cm³/mol. The van der Waals surface area contributed by atoms with Crippen molar-refractivity contribution in [2.24, 2.45) is 9.98 Å². The Morgan fingerprint density at radius 1 is 0.729 bits per heavy atom. The molecule has 0 unspecified atom stereocenters. The molecule has 1 atom stereocenters. The molecular weight excluding hydrogens is 608 g/mol. The van der Waals surface area contributed by atoms with Gasteiger partial charge < -0.3 is 26.6 Å². The molecule has 2 heterocycles. The van der Waals surface area contributed by atoms with Gasteiger partial charge in [-0.2, -0.15) is 0 Å². The third kappa shape index (κ3) is 8.91. The van der Waals surface area contributed by atoms with E-state index >= 15 is 0 Å². The molecule has 0 spiro atoms. The van der Waals surface area contributed by atoms with Crippen molar-refractivity contribution in [3.63, 3.8) is 0 Å². The first-order valence-electron chi connectivity index (χ1n) is 16.5. The van der Waals surface area contributed by atoms with E-state index in [0.29, 0.717) is 77.8 Å². The monoisotopic (exact) mass is 650 g/mol. The lowest BCUT2D eigenvalue weighted by molar-refractivity contribution is 0.0945. The zero-order valence-corrected chi connectivity index (χ0v) is 27.3. The third-order valence-electron chi connectivity index (χ3n) is 7.89. The molecule has 12 heteroatoms. The van der Waals surface area contributed by atoms with Crippen LogP contribution in [-0.2, 0) is 0 Å². The van der Waals surface area contributed by atoms with E-state index in [0.717, 1.165) is 31.2 Å². The van der Waals surface area contributed by atoms with Crippen LogP contribution in [0.4, 0.5) is 11.4 Å². The van der Waals surface area contributed by atoms with Gasteiger partial charge in [0, 0.05) is 71.6 Å². The van der Waals surface area contributed by atoms with Crippen molar-refractivity contribution >= 4 is 47.1 Å². The Labute approximate surface area is 280 Å². The van der Waals surface area contributed by atoms with Crippen LogP contribution < -0.4 is 31.9 Å². The van der Waals surface area contributed by atoms with Gasteiger partial charge in [-0.25, -0.2) is 0 Å². The third-order valence-corrected chi connectivity index (χ3v) is 7.89. The summed E-state index contributed by atoms with van der Waals surface area (Å²) in [6.07, 6.45) is 5.13. The molecule has 0 fully saturated rings. The maximum atomic E-state index is 13.3. The van der Waals surface area contributed by atoms with Gasteiger partial charge in [0.2, 0.25) is 0 Å². The number of aliphatic imine (C=N–C) groups is 2. The second-order valence-corrected chi connectivity index (χ2v) is 11.6. The highest BCUT2D eigenvalue weighted by Crippen LogP contribution is 2.24. The lowest BCUT2D eigenvalue weighted by atomic mass is 10.1. The highest BCUT2D eigenvalue weighted by atomic mass is 16.2. The highest BCUT2D eigenvalue weighted by Gasteiger charge is 2.19. The van der Waals surface area contributed by atoms with Gasteiger partial charge in [-0.15, -0.1) is 0 Å². The zero-order chi connectivity index (χ0) is 33.9. The second kappa shape index (κ2) is 16.5. The number of benzene rings is 3. The predicted octanol–water partition coefficient (Wildman–Crippen LogP) is 4.27. The number of rotatable bonds is 14. The number of carbonyl (C=O) groups excluding carboxylic acids is 4. The second-order valence-electron chi connectivity index (χ2n) is 11.6. The van der Waals surface area contributed by atoms with Gasteiger partial charge >= 0.3 is 0 Å². The minimum absolute atomic E-state index is 0.222.